The molecule has 32 heavy (non-hydrogen) atoms. The summed E-state index contributed by atoms with van der Waals surface area (Å²) in [6.07, 6.45) is 4.02. The van der Waals surface area contributed by atoms with Crippen LogP contribution in [0.4, 0.5) is 5.95 Å². The molecule has 4 aromatic carbocycles. The summed E-state index contributed by atoms with van der Waals surface area (Å²) in [7, 11) is 0. The van der Waals surface area contributed by atoms with Gasteiger partial charge in [-0.2, -0.15) is 5.10 Å². The van der Waals surface area contributed by atoms with Crippen molar-refractivity contribution in [3.8, 4) is 0 Å². The van der Waals surface area contributed by atoms with Crippen molar-refractivity contribution < 1.29 is 0 Å². The van der Waals surface area contributed by atoms with Gasteiger partial charge in [-0.05, 0) is 34.5 Å². The summed E-state index contributed by atoms with van der Waals surface area (Å²) < 4.78 is 2.29. The maximum absolute atomic E-state index is 4.51. The second kappa shape index (κ2) is 7.71. The molecule has 0 spiro atoms. The zero-order valence-corrected chi connectivity index (χ0v) is 17.4. The van der Waals surface area contributed by atoms with Gasteiger partial charge in [0.05, 0.1) is 17.2 Å². The van der Waals surface area contributed by atoms with E-state index in [0.29, 0.717) is 5.95 Å². The molecule has 0 saturated carbocycles. The van der Waals surface area contributed by atoms with Crippen LogP contribution in [0.3, 0.4) is 0 Å². The maximum atomic E-state index is 4.51. The van der Waals surface area contributed by atoms with Crippen molar-refractivity contribution >= 4 is 44.9 Å². The third kappa shape index (κ3) is 3.30. The lowest BCUT2D eigenvalue weighted by atomic mass is 10.0. The van der Waals surface area contributed by atoms with Gasteiger partial charge in [0.25, 0.3) is 0 Å². The highest BCUT2D eigenvalue weighted by molar-refractivity contribution is 5.99. The average Bonchev–Trinajstić information content (AvgIpc) is 3.41. The number of anilines is 1. The number of nitrogens with one attached hydrogen (secondary N) is 2. The molecule has 154 valence electrons. The number of hydrogen-bond donors (Lipinski definition) is 2. The van der Waals surface area contributed by atoms with Gasteiger partial charge in [0.2, 0.25) is 5.95 Å². The first-order valence-electron chi connectivity index (χ1n) is 10.6. The smallest absolute Gasteiger partial charge is 0.222 e. The predicted molar refractivity (Wildman–Crippen MR) is 132 cm³/mol. The van der Waals surface area contributed by atoms with Crippen LogP contribution >= 0.6 is 0 Å². The molecule has 5 nitrogen and oxygen atoms in total. The van der Waals surface area contributed by atoms with E-state index in [0.717, 1.165) is 23.1 Å². The lowest BCUT2D eigenvalue weighted by Crippen LogP contribution is -1.98. The maximum Gasteiger partial charge on any atom is 0.222 e. The van der Waals surface area contributed by atoms with Gasteiger partial charge in [-0.3, -0.25) is 0 Å². The molecule has 0 aliphatic heterocycles. The number of imidazole rings is 1. The van der Waals surface area contributed by atoms with E-state index in [1.807, 2.05) is 30.5 Å². The summed E-state index contributed by atoms with van der Waals surface area (Å²) in [6.45, 7) is 0.798. The van der Waals surface area contributed by atoms with Gasteiger partial charge in [-0.1, -0.05) is 72.8 Å². The Morgan fingerprint density at radius 2 is 1.62 bits per heavy atom. The van der Waals surface area contributed by atoms with E-state index >= 15 is 0 Å². The van der Waals surface area contributed by atoms with Crippen LogP contribution in [0.2, 0.25) is 0 Å². The molecule has 2 aromatic heterocycles. The van der Waals surface area contributed by atoms with Gasteiger partial charge in [0.1, 0.15) is 0 Å². The summed E-state index contributed by atoms with van der Waals surface area (Å²) in [6, 6.07) is 31.4. The van der Waals surface area contributed by atoms with Crippen LogP contribution in [0.5, 0.6) is 0 Å². The lowest BCUT2D eigenvalue weighted by molar-refractivity contribution is 0.842. The van der Waals surface area contributed by atoms with Crippen molar-refractivity contribution in [3.63, 3.8) is 0 Å². The zero-order valence-electron chi connectivity index (χ0n) is 17.4. The van der Waals surface area contributed by atoms with Gasteiger partial charge >= 0.3 is 0 Å². The minimum atomic E-state index is 0.627. The van der Waals surface area contributed by atoms with Gasteiger partial charge in [0, 0.05) is 29.2 Å². The fourth-order valence-electron chi connectivity index (χ4n) is 4.29. The Bertz CT molecular complexity index is 1550. The number of aromatic amines is 1. The van der Waals surface area contributed by atoms with Gasteiger partial charge in [-0.15, -0.1) is 0 Å². The largest absolute Gasteiger partial charge is 0.342 e. The summed E-state index contributed by atoms with van der Waals surface area (Å²) in [5.74, 6) is 0.627. The Balaban J connectivity index is 1.33. The SMILES string of the molecule is C(=N/Nc1nc2ccccc2[nH]1)/c1cn(Cc2cccc3ccccc23)c2ccccc12. The van der Waals surface area contributed by atoms with Crippen LogP contribution in [0.15, 0.2) is 102 Å². The zero-order chi connectivity index (χ0) is 21.3. The third-order valence-electron chi connectivity index (χ3n) is 5.80. The molecule has 0 bridgehead atoms. The summed E-state index contributed by atoms with van der Waals surface area (Å²) in [5.41, 5.74) is 8.47. The fraction of sp³-hybridized carbons (Fsp3) is 0.0370. The first kappa shape index (κ1) is 18.4. The van der Waals surface area contributed by atoms with Crippen LogP contribution < -0.4 is 5.43 Å². The molecule has 0 aliphatic carbocycles. The van der Waals surface area contributed by atoms with E-state index in [-0.39, 0.29) is 0 Å². The van der Waals surface area contributed by atoms with E-state index in [1.165, 1.54) is 27.2 Å². The molecule has 0 amide bonds. The average molecular weight is 416 g/mol. The van der Waals surface area contributed by atoms with E-state index in [4.69, 9.17) is 0 Å². The topological polar surface area (TPSA) is 58.0 Å². The van der Waals surface area contributed by atoms with Crippen LogP contribution in [-0.4, -0.2) is 20.7 Å². The Morgan fingerprint density at radius 1 is 0.844 bits per heavy atom. The monoisotopic (exact) mass is 415 g/mol. The van der Waals surface area contributed by atoms with E-state index in [2.05, 4.69) is 98.0 Å². The Hall–Kier alpha value is -4.38. The number of benzene rings is 4. The number of nitrogens with zero attached hydrogens (tertiary/aromatic N) is 3. The number of aromatic nitrogens is 3. The van der Waals surface area contributed by atoms with E-state index < -0.39 is 0 Å². The van der Waals surface area contributed by atoms with E-state index in [1.54, 1.807) is 0 Å². The van der Waals surface area contributed by atoms with Crippen LogP contribution in [0.1, 0.15) is 11.1 Å². The molecule has 5 heteroatoms. The molecule has 6 rings (SSSR count). The highest BCUT2D eigenvalue weighted by Crippen LogP contribution is 2.24. The number of para-hydroxylation sites is 3. The first-order valence-corrected chi connectivity index (χ1v) is 10.6. The number of H-pyrrole nitrogens is 1. The van der Waals surface area contributed by atoms with Crippen molar-refractivity contribution in [2.45, 2.75) is 6.54 Å². The van der Waals surface area contributed by atoms with Crippen molar-refractivity contribution in [1.29, 1.82) is 0 Å². The standard InChI is InChI=1S/C27H21N5/c1-2-11-22-19(8-1)9-7-10-20(22)17-32-18-21(23-12-3-6-15-26(23)32)16-28-31-27-29-24-13-4-5-14-25(24)30-27/h1-16,18H,17H2,(H2,29,30,31)/b28-16-. The van der Waals surface area contributed by atoms with Gasteiger partial charge in [0.15, 0.2) is 0 Å². The Kier molecular flexibility index (Phi) is 4.43. The molecule has 0 saturated heterocycles. The van der Waals surface area contributed by atoms with Crippen molar-refractivity contribution in [2.75, 3.05) is 5.43 Å². The summed E-state index contributed by atoms with van der Waals surface area (Å²) >= 11 is 0. The molecule has 2 N–H and O–H groups in total. The molecule has 0 atom stereocenters. The van der Waals surface area contributed by atoms with Crippen LogP contribution in [-0.2, 0) is 6.54 Å². The number of fused-ring (bicyclic) bond motifs is 3. The number of hydrogen-bond acceptors (Lipinski definition) is 3. The molecule has 6 aromatic rings. The Morgan fingerprint density at radius 3 is 2.56 bits per heavy atom. The number of rotatable bonds is 5. The summed E-state index contributed by atoms with van der Waals surface area (Å²) in [5, 5.41) is 8.16. The highest BCUT2D eigenvalue weighted by atomic mass is 15.3. The normalized spacial score (nSPS) is 11.8. The molecule has 0 aliphatic rings. The third-order valence-corrected chi connectivity index (χ3v) is 5.80. The lowest BCUT2D eigenvalue weighted by Gasteiger charge is -2.09. The fourth-order valence-corrected chi connectivity index (χ4v) is 4.29. The minimum Gasteiger partial charge on any atom is -0.342 e. The molecule has 0 fully saturated rings. The molecule has 0 radical (unpaired) electrons. The second-order valence-corrected chi connectivity index (χ2v) is 7.84. The van der Waals surface area contributed by atoms with E-state index in [9.17, 15) is 0 Å². The Labute approximate surface area is 185 Å². The molecular formula is C27H21N5. The highest BCUT2D eigenvalue weighted by Gasteiger charge is 2.09. The van der Waals surface area contributed by atoms with Crippen molar-refractivity contribution in [2.24, 2.45) is 5.10 Å². The minimum absolute atomic E-state index is 0.627. The molecular weight excluding hydrogens is 394 g/mol. The quantitative estimate of drug-likeness (QED) is 0.261. The molecule has 0 unspecified atom stereocenters. The van der Waals surface area contributed by atoms with Crippen LogP contribution in [0.25, 0.3) is 32.7 Å². The first-order chi connectivity index (χ1) is 15.8. The van der Waals surface area contributed by atoms with Crippen LogP contribution in [0, 0.1) is 0 Å². The number of hydrazone groups is 1. The molecule has 2 heterocycles. The van der Waals surface area contributed by atoms with Crippen molar-refractivity contribution in [3.05, 3.63) is 108 Å². The van der Waals surface area contributed by atoms with Crippen molar-refractivity contribution in [1.82, 2.24) is 14.5 Å². The predicted octanol–water partition coefficient (Wildman–Crippen LogP) is 6.17. The van der Waals surface area contributed by atoms with Gasteiger partial charge < -0.3 is 9.55 Å². The summed E-state index contributed by atoms with van der Waals surface area (Å²) in [4.78, 5) is 7.74. The second-order valence-electron chi connectivity index (χ2n) is 7.84. The van der Waals surface area contributed by atoms with Gasteiger partial charge in [-0.25, -0.2) is 10.4 Å².